The summed E-state index contributed by atoms with van der Waals surface area (Å²) >= 11 is 0. The molecule has 234 valence electrons. The van der Waals surface area contributed by atoms with Crippen LogP contribution in [0.3, 0.4) is 0 Å². The predicted octanol–water partition coefficient (Wildman–Crippen LogP) is 2.11. The van der Waals surface area contributed by atoms with Gasteiger partial charge in [-0.2, -0.15) is 0 Å². The number of likely N-dealkylation sites (tertiary alicyclic amines) is 1. The Bertz CT molecular complexity index is 1340. The van der Waals surface area contributed by atoms with Crippen LogP contribution < -0.4 is 11.1 Å². The molecule has 5 N–H and O–H groups in total. The molecule has 2 aromatic rings. The molecule has 13 heteroatoms. The summed E-state index contributed by atoms with van der Waals surface area (Å²) in [6, 6.07) is 0.0880. The van der Waals surface area contributed by atoms with Gasteiger partial charge in [0.2, 0.25) is 5.82 Å². The lowest BCUT2D eigenvalue weighted by Crippen LogP contribution is -2.43. The van der Waals surface area contributed by atoms with Crippen LogP contribution in [0.25, 0.3) is 11.2 Å². The van der Waals surface area contributed by atoms with E-state index in [1.807, 2.05) is 0 Å². The Balaban J connectivity index is 1.16. The van der Waals surface area contributed by atoms with E-state index in [1.54, 1.807) is 4.90 Å². The first-order valence-corrected chi connectivity index (χ1v) is 15.5. The van der Waals surface area contributed by atoms with E-state index in [1.165, 1.54) is 10.9 Å². The van der Waals surface area contributed by atoms with Crippen molar-refractivity contribution < 1.29 is 29.3 Å². The number of nitrogens with one attached hydrogen (secondary N) is 1. The molecule has 1 saturated carbocycles. The maximum absolute atomic E-state index is 12.6. The molecule has 4 heterocycles. The molecule has 0 bridgehead atoms. The van der Waals surface area contributed by atoms with Crippen LogP contribution in [-0.2, 0) is 14.3 Å². The van der Waals surface area contributed by atoms with E-state index in [0.717, 1.165) is 51.4 Å². The average Bonchev–Trinajstić information content (AvgIpc) is 3.64. The number of fused-ring (bicyclic) bond motifs is 1. The third-order valence-electron chi connectivity index (χ3n) is 8.59. The molecule has 0 aromatic carbocycles. The number of anilines is 1. The van der Waals surface area contributed by atoms with Crippen molar-refractivity contribution in [1.29, 1.82) is 0 Å². The predicted molar refractivity (Wildman–Crippen MR) is 157 cm³/mol. The number of aliphatic hydroxyl groups is 2. The second-order valence-electron chi connectivity index (χ2n) is 11.9. The van der Waals surface area contributed by atoms with Crippen molar-refractivity contribution in [3.05, 3.63) is 12.2 Å². The summed E-state index contributed by atoms with van der Waals surface area (Å²) in [6.07, 6.45) is 4.52. The molecule has 0 spiro atoms. The molecule has 2 aliphatic heterocycles. The molecule has 2 amide bonds. The van der Waals surface area contributed by atoms with Crippen molar-refractivity contribution in [2.24, 2.45) is 11.8 Å². The SMILES string of the molecule is CCCCC(CC)COC(=O)N1CCC(CC#Cc2nc(N)c3ncn([C@@H]4O[C@H](C(=O)NC5CC5)[C@@H](O)[C@H]4O)c3n2)CC1. The number of hydrogen-bond acceptors (Lipinski definition) is 10. The van der Waals surface area contributed by atoms with Crippen LogP contribution >= 0.6 is 0 Å². The second kappa shape index (κ2) is 13.9. The van der Waals surface area contributed by atoms with Crippen LogP contribution in [0, 0.1) is 23.7 Å². The fourth-order valence-electron chi connectivity index (χ4n) is 5.57. The van der Waals surface area contributed by atoms with Gasteiger partial charge in [0.25, 0.3) is 5.91 Å². The third kappa shape index (κ3) is 7.37. The largest absolute Gasteiger partial charge is 0.449 e. The van der Waals surface area contributed by atoms with Gasteiger partial charge in [-0.1, -0.05) is 39.0 Å². The van der Waals surface area contributed by atoms with Crippen molar-refractivity contribution in [2.75, 3.05) is 25.4 Å². The zero-order valence-corrected chi connectivity index (χ0v) is 24.9. The first kappa shape index (κ1) is 31.0. The van der Waals surface area contributed by atoms with Crippen LogP contribution in [0.15, 0.2) is 6.33 Å². The summed E-state index contributed by atoms with van der Waals surface area (Å²) in [6.45, 7) is 6.07. The van der Waals surface area contributed by atoms with Gasteiger partial charge in [0.1, 0.15) is 17.7 Å². The molecule has 2 aromatic heterocycles. The fourth-order valence-corrected chi connectivity index (χ4v) is 5.57. The van der Waals surface area contributed by atoms with Crippen LogP contribution in [0.1, 0.15) is 83.7 Å². The van der Waals surface area contributed by atoms with Crippen LogP contribution in [0.4, 0.5) is 10.6 Å². The maximum Gasteiger partial charge on any atom is 0.409 e. The number of carbonyl (C=O) groups excluding carboxylic acids is 2. The number of imidazole rings is 1. The number of piperidine rings is 1. The number of ether oxygens (including phenoxy) is 2. The normalized spacial score (nSPS) is 24.9. The smallest absolute Gasteiger partial charge is 0.409 e. The van der Waals surface area contributed by atoms with Crippen molar-refractivity contribution in [1.82, 2.24) is 29.7 Å². The lowest BCUT2D eigenvalue weighted by molar-refractivity contribution is -0.137. The Kier molecular flexibility index (Phi) is 10.00. The minimum Gasteiger partial charge on any atom is -0.449 e. The minimum absolute atomic E-state index is 0.0880. The van der Waals surface area contributed by atoms with E-state index in [2.05, 4.69) is 46.0 Å². The summed E-state index contributed by atoms with van der Waals surface area (Å²) < 4.78 is 12.8. The molecule has 0 radical (unpaired) electrons. The van der Waals surface area contributed by atoms with E-state index in [4.69, 9.17) is 15.2 Å². The van der Waals surface area contributed by atoms with Crippen molar-refractivity contribution in [3.8, 4) is 11.8 Å². The Morgan fingerprint density at radius 3 is 2.65 bits per heavy atom. The van der Waals surface area contributed by atoms with Gasteiger partial charge in [-0.25, -0.2) is 19.7 Å². The molecule has 13 nitrogen and oxygen atoms in total. The molecule has 5 rings (SSSR count). The average molecular weight is 598 g/mol. The highest BCUT2D eigenvalue weighted by Crippen LogP contribution is 2.33. The molecule has 43 heavy (non-hydrogen) atoms. The highest BCUT2D eigenvalue weighted by atomic mass is 16.6. The second-order valence-corrected chi connectivity index (χ2v) is 11.9. The Hall–Kier alpha value is -3.47. The van der Waals surface area contributed by atoms with E-state index in [0.29, 0.717) is 43.5 Å². The number of unbranched alkanes of at least 4 members (excludes halogenated alkanes) is 1. The van der Waals surface area contributed by atoms with Gasteiger partial charge in [0, 0.05) is 25.6 Å². The van der Waals surface area contributed by atoms with Gasteiger partial charge in [0.05, 0.1) is 12.9 Å². The lowest BCUT2D eigenvalue weighted by atomic mass is 9.94. The summed E-state index contributed by atoms with van der Waals surface area (Å²) in [5, 5.41) is 24.0. The van der Waals surface area contributed by atoms with Gasteiger partial charge in [-0.3, -0.25) is 9.36 Å². The number of nitrogen functional groups attached to an aromatic ring is 1. The number of aromatic nitrogens is 4. The first-order chi connectivity index (χ1) is 20.8. The van der Waals surface area contributed by atoms with Crippen molar-refractivity contribution in [3.63, 3.8) is 0 Å². The van der Waals surface area contributed by atoms with Crippen LogP contribution in [-0.4, -0.2) is 90.7 Å². The van der Waals surface area contributed by atoms with Crippen molar-refractivity contribution in [2.45, 2.75) is 102 Å². The summed E-state index contributed by atoms with van der Waals surface area (Å²) in [5.74, 6) is 6.74. The molecule has 1 unspecified atom stereocenters. The fraction of sp³-hybridized carbons (Fsp3) is 0.700. The Morgan fingerprint density at radius 2 is 1.95 bits per heavy atom. The number of carbonyl (C=O) groups is 2. The first-order valence-electron chi connectivity index (χ1n) is 15.5. The van der Waals surface area contributed by atoms with Gasteiger partial charge in [-0.05, 0) is 49.9 Å². The number of rotatable bonds is 10. The van der Waals surface area contributed by atoms with Crippen LogP contribution in [0.5, 0.6) is 0 Å². The van der Waals surface area contributed by atoms with E-state index < -0.39 is 30.4 Å². The lowest BCUT2D eigenvalue weighted by Gasteiger charge is -2.31. The number of nitrogens with two attached hydrogens (primary N) is 1. The summed E-state index contributed by atoms with van der Waals surface area (Å²) in [5.41, 5.74) is 6.72. The number of hydrogen-bond donors (Lipinski definition) is 4. The number of nitrogens with zero attached hydrogens (tertiary/aromatic N) is 5. The van der Waals surface area contributed by atoms with E-state index in [9.17, 15) is 19.8 Å². The Morgan fingerprint density at radius 1 is 1.19 bits per heavy atom. The van der Waals surface area contributed by atoms with Crippen molar-refractivity contribution >= 4 is 29.0 Å². The molecule has 3 fully saturated rings. The number of amides is 2. The highest BCUT2D eigenvalue weighted by Gasteiger charge is 2.48. The molecule has 5 atom stereocenters. The standard InChI is InChI=1S/C30H43N7O6/c1-3-5-7-18(4-2)16-42-30(41)36-14-12-19(13-15-36)8-6-9-21-34-26(31)22-27(35-21)37(17-32-22)29-24(39)23(38)25(43-29)28(40)33-20-10-11-20/h17-20,23-25,29,38-39H,3-5,7-8,10-16H2,1-2H3,(H,33,40)(H2,31,34,35)/t18?,23-,24+,25-,29+/m0/s1. The highest BCUT2D eigenvalue weighted by molar-refractivity contribution is 5.83. The van der Waals surface area contributed by atoms with Gasteiger partial charge < -0.3 is 35.6 Å². The zero-order valence-electron chi connectivity index (χ0n) is 24.9. The summed E-state index contributed by atoms with van der Waals surface area (Å²) in [4.78, 5) is 39.9. The molecule has 3 aliphatic rings. The number of aliphatic hydroxyl groups excluding tert-OH is 2. The van der Waals surface area contributed by atoms with Gasteiger partial charge in [0.15, 0.2) is 23.8 Å². The molecular formula is C30H43N7O6. The summed E-state index contributed by atoms with van der Waals surface area (Å²) in [7, 11) is 0. The van der Waals surface area contributed by atoms with E-state index >= 15 is 0 Å². The van der Waals surface area contributed by atoms with Gasteiger partial charge >= 0.3 is 6.09 Å². The zero-order chi connectivity index (χ0) is 30.5. The molecule has 2 saturated heterocycles. The van der Waals surface area contributed by atoms with Gasteiger partial charge in [-0.15, -0.1) is 0 Å². The monoisotopic (exact) mass is 597 g/mol. The molecular weight excluding hydrogens is 554 g/mol. The quantitative estimate of drug-likeness (QED) is 0.297. The minimum atomic E-state index is -1.41. The molecule has 1 aliphatic carbocycles. The topological polar surface area (TPSA) is 178 Å². The maximum atomic E-state index is 12.6. The van der Waals surface area contributed by atoms with Crippen LogP contribution in [0.2, 0.25) is 0 Å². The third-order valence-corrected chi connectivity index (χ3v) is 8.59. The Labute approximate surface area is 251 Å². The van der Waals surface area contributed by atoms with E-state index in [-0.39, 0.29) is 29.4 Å².